The van der Waals surface area contributed by atoms with E-state index in [1.54, 1.807) is 0 Å². The van der Waals surface area contributed by atoms with Gasteiger partial charge in [-0.25, -0.2) is 0 Å². The van der Waals surface area contributed by atoms with Crippen LogP contribution in [0.25, 0.3) is 0 Å². The van der Waals surface area contributed by atoms with Gasteiger partial charge < -0.3 is 15.5 Å². The van der Waals surface area contributed by atoms with E-state index in [-0.39, 0.29) is 36.8 Å². The van der Waals surface area contributed by atoms with Crippen LogP contribution in [-0.4, -0.2) is 49.1 Å². The van der Waals surface area contributed by atoms with Crippen LogP contribution >= 0.6 is 24.8 Å². The first-order chi connectivity index (χ1) is 10.2. The molecule has 3 atom stereocenters. The third-order valence-electron chi connectivity index (χ3n) is 5.78. The fourth-order valence-corrected chi connectivity index (χ4v) is 4.27. The molecule has 0 aromatic rings. The van der Waals surface area contributed by atoms with Crippen molar-refractivity contribution in [2.45, 2.75) is 64.0 Å². The molecular formula is C17H33Cl2N3O. The Morgan fingerprint density at radius 2 is 1.83 bits per heavy atom. The van der Waals surface area contributed by atoms with Crippen molar-refractivity contribution in [1.29, 1.82) is 0 Å². The summed E-state index contributed by atoms with van der Waals surface area (Å²) in [5.74, 6) is 1.86. The van der Waals surface area contributed by atoms with Gasteiger partial charge in [0.25, 0.3) is 0 Å². The van der Waals surface area contributed by atoms with E-state index in [2.05, 4.69) is 22.5 Å². The summed E-state index contributed by atoms with van der Waals surface area (Å²) in [6, 6.07) is 0.678. The molecule has 0 aromatic heterocycles. The third kappa shape index (κ3) is 5.77. The molecule has 3 rings (SSSR count). The number of nitrogens with one attached hydrogen (secondary N) is 2. The molecule has 2 heterocycles. The Morgan fingerprint density at radius 1 is 1.13 bits per heavy atom. The number of amides is 1. The predicted molar refractivity (Wildman–Crippen MR) is 99.6 cm³/mol. The highest BCUT2D eigenvalue weighted by Crippen LogP contribution is 2.33. The predicted octanol–water partition coefficient (Wildman–Crippen LogP) is 2.60. The van der Waals surface area contributed by atoms with Crippen LogP contribution < -0.4 is 10.6 Å². The van der Waals surface area contributed by atoms with Crippen LogP contribution in [0.1, 0.15) is 51.9 Å². The Hall–Kier alpha value is -0.0300. The minimum Gasteiger partial charge on any atom is -0.353 e. The Bertz CT molecular complexity index is 348. The molecule has 0 aromatic carbocycles. The van der Waals surface area contributed by atoms with Crippen molar-refractivity contribution in [1.82, 2.24) is 15.5 Å². The number of piperidine rings is 1. The van der Waals surface area contributed by atoms with E-state index in [0.717, 1.165) is 31.3 Å². The molecule has 3 unspecified atom stereocenters. The minimum atomic E-state index is 0. The molecule has 3 aliphatic rings. The number of hydrogen-bond acceptors (Lipinski definition) is 3. The lowest BCUT2D eigenvalue weighted by Gasteiger charge is -2.30. The van der Waals surface area contributed by atoms with E-state index < -0.39 is 0 Å². The molecule has 2 saturated heterocycles. The van der Waals surface area contributed by atoms with Gasteiger partial charge in [-0.1, -0.05) is 19.8 Å². The number of nitrogens with zero attached hydrogens (tertiary/aromatic N) is 1. The zero-order valence-electron chi connectivity index (χ0n) is 14.3. The highest BCUT2D eigenvalue weighted by atomic mass is 35.5. The second-order valence-corrected chi connectivity index (χ2v) is 7.42. The maximum atomic E-state index is 12.3. The molecule has 136 valence electrons. The third-order valence-corrected chi connectivity index (χ3v) is 5.78. The van der Waals surface area contributed by atoms with E-state index in [0.29, 0.717) is 6.04 Å². The smallest absolute Gasteiger partial charge is 0.237 e. The van der Waals surface area contributed by atoms with Gasteiger partial charge in [-0.2, -0.15) is 0 Å². The van der Waals surface area contributed by atoms with Crippen molar-refractivity contribution in [3.63, 3.8) is 0 Å². The van der Waals surface area contributed by atoms with E-state index in [9.17, 15) is 4.79 Å². The molecule has 2 aliphatic heterocycles. The Labute approximate surface area is 153 Å². The lowest BCUT2D eigenvalue weighted by molar-refractivity contribution is -0.122. The summed E-state index contributed by atoms with van der Waals surface area (Å²) in [4.78, 5) is 14.8. The molecule has 6 heteroatoms. The molecule has 23 heavy (non-hydrogen) atoms. The van der Waals surface area contributed by atoms with Gasteiger partial charge in [-0.15, -0.1) is 24.8 Å². The van der Waals surface area contributed by atoms with Crippen LogP contribution in [0.3, 0.4) is 0 Å². The molecule has 1 aliphatic carbocycles. The van der Waals surface area contributed by atoms with Crippen LogP contribution in [0.5, 0.6) is 0 Å². The SMILES string of the molecule is CC1CCN(CCNC(=O)C2CC3CCCCC3N2)CC1.Cl.Cl. The average Bonchev–Trinajstić information content (AvgIpc) is 2.93. The second-order valence-electron chi connectivity index (χ2n) is 7.42. The maximum absolute atomic E-state index is 12.3. The number of carbonyl (C=O) groups is 1. The van der Waals surface area contributed by atoms with Gasteiger partial charge >= 0.3 is 0 Å². The Morgan fingerprint density at radius 3 is 2.52 bits per heavy atom. The molecule has 0 spiro atoms. The summed E-state index contributed by atoms with van der Waals surface area (Å²) < 4.78 is 0. The topological polar surface area (TPSA) is 44.4 Å². The van der Waals surface area contributed by atoms with Crippen molar-refractivity contribution < 1.29 is 4.79 Å². The first-order valence-corrected chi connectivity index (χ1v) is 8.98. The van der Waals surface area contributed by atoms with Crippen molar-refractivity contribution in [3.8, 4) is 0 Å². The molecule has 2 N–H and O–H groups in total. The van der Waals surface area contributed by atoms with Crippen LogP contribution in [0.4, 0.5) is 0 Å². The number of likely N-dealkylation sites (tertiary alicyclic amines) is 1. The minimum absolute atomic E-state index is 0. The molecule has 3 fully saturated rings. The quantitative estimate of drug-likeness (QED) is 0.804. The summed E-state index contributed by atoms with van der Waals surface area (Å²) in [5.41, 5.74) is 0. The average molecular weight is 366 g/mol. The van der Waals surface area contributed by atoms with Crippen molar-refractivity contribution in [3.05, 3.63) is 0 Å². The summed E-state index contributed by atoms with van der Waals surface area (Å²) >= 11 is 0. The Balaban J connectivity index is 0.00000132. The van der Waals surface area contributed by atoms with Crippen LogP contribution in [0, 0.1) is 11.8 Å². The van der Waals surface area contributed by atoms with Gasteiger partial charge in [0.1, 0.15) is 0 Å². The summed E-state index contributed by atoms with van der Waals surface area (Å²) in [7, 11) is 0. The molecule has 1 saturated carbocycles. The highest BCUT2D eigenvalue weighted by molar-refractivity contribution is 5.85. The number of hydrogen-bond donors (Lipinski definition) is 2. The van der Waals surface area contributed by atoms with Gasteiger partial charge in [0, 0.05) is 19.1 Å². The fourth-order valence-electron chi connectivity index (χ4n) is 4.27. The summed E-state index contributed by atoms with van der Waals surface area (Å²) in [5, 5.41) is 6.71. The lowest BCUT2D eigenvalue weighted by atomic mass is 9.85. The summed E-state index contributed by atoms with van der Waals surface area (Å²) in [6.07, 6.45) is 8.93. The standard InChI is InChI=1S/C17H31N3O.2ClH/c1-13-6-9-20(10-7-13)11-8-18-17(21)16-12-14-4-2-3-5-15(14)19-16;;/h13-16,19H,2-12H2,1H3,(H,18,21);2*1H. The zero-order chi connectivity index (χ0) is 14.7. The number of halogens is 2. The molecular weight excluding hydrogens is 333 g/mol. The fraction of sp³-hybridized carbons (Fsp3) is 0.941. The summed E-state index contributed by atoms with van der Waals surface area (Å²) in [6.45, 7) is 6.55. The van der Waals surface area contributed by atoms with Crippen molar-refractivity contribution >= 4 is 30.7 Å². The van der Waals surface area contributed by atoms with Gasteiger partial charge in [-0.3, -0.25) is 4.79 Å². The van der Waals surface area contributed by atoms with Gasteiger partial charge in [0.05, 0.1) is 6.04 Å². The van der Waals surface area contributed by atoms with Crippen LogP contribution in [0.2, 0.25) is 0 Å². The van der Waals surface area contributed by atoms with E-state index >= 15 is 0 Å². The number of fused-ring (bicyclic) bond motifs is 1. The highest BCUT2D eigenvalue weighted by Gasteiger charge is 2.37. The van der Waals surface area contributed by atoms with E-state index in [1.165, 1.54) is 51.6 Å². The van der Waals surface area contributed by atoms with Crippen LogP contribution in [0.15, 0.2) is 0 Å². The first-order valence-electron chi connectivity index (χ1n) is 8.98. The lowest BCUT2D eigenvalue weighted by Crippen LogP contribution is -2.46. The van der Waals surface area contributed by atoms with Crippen LogP contribution in [-0.2, 0) is 4.79 Å². The van der Waals surface area contributed by atoms with Gasteiger partial charge in [0.15, 0.2) is 0 Å². The molecule has 1 amide bonds. The van der Waals surface area contributed by atoms with E-state index in [4.69, 9.17) is 0 Å². The van der Waals surface area contributed by atoms with Gasteiger partial charge in [0.2, 0.25) is 5.91 Å². The normalized spacial score (nSPS) is 31.6. The maximum Gasteiger partial charge on any atom is 0.237 e. The largest absolute Gasteiger partial charge is 0.353 e. The molecule has 0 radical (unpaired) electrons. The molecule has 0 bridgehead atoms. The van der Waals surface area contributed by atoms with Crippen molar-refractivity contribution in [2.75, 3.05) is 26.2 Å². The zero-order valence-corrected chi connectivity index (χ0v) is 15.9. The number of rotatable bonds is 4. The Kier molecular flexibility index (Phi) is 9.20. The number of carbonyl (C=O) groups excluding carboxylic acids is 1. The van der Waals surface area contributed by atoms with Gasteiger partial charge in [-0.05, 0) is 57.0 Å². The molecule has 4 nitrogen and oxygen atoms in total. The monoisotopic (exact) mass is 365 g/mol. The second kappa shape index (κ2) is 10.1. The van der Waals surface area contributed by atoms with Crippen molar-refractivity contribution in [2.24, 2.45) is 11.8 Å². The van der Waals surface area contributed by atoms with E-state index in [1.807, 2.05) is 0 Å². The first kappa shape index (κ1) is 21.0.